The van der Waals surface area contributed by atoms with Crippen LogP contribution in [0.5, 0.6) is 5.75 Å². The van der Waals surface area contributed by atoms with Crippen LogP contribution in [0.4, 0.5) is 0 Å². The van der Waals surface area contributed by atoms with E-state index in [1.165, 1.54) is 27.7 Å². The molecule has 0 fully saturated rings. The number of nitrogens with zero attached hydrogens (tertiary/aromatic N) is 1. The molecule has 0 saturated carbocycles. The van der Waals surface area contributed by atoms with E-state index < -0.39 is 5.97 Å². The van der Waals surface area contributed by atoms with E-state index in [2.05, 4.69) is 49.2 Å². The number of ether oxygens (including phenoxy) is 1. The zero-order valence-corrected chi connectivity index (χ0v) is 18.0. The van der Waals surface area contributed by atoms with Gasteiger partial charge in [-0.3, -0.25) is 0 Å². The first kappa shape index (κ1) is 21.7. The lowest BCUT2D eigenvalue weighted by molar-refractivity contribution is -0.131. The summed E-state index contributed by atoms with van der Waals surface area (Å²) in [4.78, 5) is 16.9. The molecule has 0 unspecified atom stereocenters. The van der Waals surface area contributed by atoms with E-state index >= 15 is 0 Å². The highest BCUT2D eigenvalue weighted by Crippen LogP contribution is 2.29. The Bertz CT molecular complexity index is 1010. The monoisotopic (exact) mass is 419 g/mol. The Morgan fingerprint density at radius 3 is 2.47 bits per heavy atom. The maximum atomic E-state index is 11.0. The summed E-state index contributed by atoms with van der Waals surface area (Å²) in [6.07, 6.45) is 3.36. The van der Waals surface area contributed by atoms with Gasteiger partial charge in [-0.2, -0.15) is 0 Å². The lowest BCUT2D eigenvalue weighted by Gasteiger charge is -2.12. The third kappa shape index (κ3) is 6.22. The van der Waals surface area contributed by atoms with Gasteiger partial charge in [0, 0.05) is 23.1 Å². The van der Waals surface area contributed by atoms with Crippen LogP contribution in [-0.4, -0.2) is 22.7 Å². The van der Waals surface area contributed by atoms with Gasteiger partial charge < -0.3 is 9.84 Å². The van der Waals surface area contributed by atoms with E-state index in [4.69, 9.17) is 9.84 Å². The van der Waals surface area contributed by atoms with Gasteiger partial charge in [0.15, 0.2) is 0 Å². The maximum Gasteiger partial charge on any atom is 0.328 e. The van der Waals surface area contributed by atoms with Crippen LogP contribution in [0.1, 0.15) is 28.1 Å². The summed E-state index contributed by atoms with van der Waals surface area (Å²) in [5, 5.41) is 9.01. The lowest BCUT2D eigenvalue weighted by atomic mass is 10.2. The Labute approximate surface area is 181 Å². The van der Waals surface area contributed by atoms with Crippen molar-refractivity contribution in [3.8, 4) is 5.75 Å². The molecular weight excluding hydrogens is 394 g/mol. The minimum absolute atomic E-state index is 0.496. The van der Waals surface area contributed by atoms with Crippen LogP contribution in [0.2, 0.25) is 0 Å². The van der Waals surface area contributed by atoms with Crippen molar-refractivity contribution in [1.82, 2.24) is 4.98 Å². The molecule has 0 radical (unpaired) electrons. The lowest BCUT2D eigenvalue weighted by Crippen LogP contribution is -2.04. The first-order valence-corrected chi connectivity index (χ1v) is 10.8. The first-order valence-electron chi connectivity index (χ1n) is 9.79. The molecule has 1 N–H and O–H groups in total. The van der Waals surface area contributed by atoms with E-state index in [1.807, 2.05) is 30.3 Å². The van der Waals surface area contributed by atoms with Gasteiger partial charge in [-0.1, -0.05) is 48.5 Å². The number of pyridine rings is 1. The third-order valence-electron chi connectivity index (χ3n) is 4.59. The van der Waals surface area contributed by atoms with Crippen LogP contribution in [-0.2, 0) is 17.0 Å². The molecule has 0 aliphatic heterocycles. The normalized spacial score (nSPS) is 11.0. The molecule has 0 aliphatic carbocycles. The summed E-state index contributed by atoms with van der Waals surface area (Å²) in [5.74, 6) is 0.274. The number of carbonyl (C=O) groups is 1. The smallest absolute Gasteiger partial charge is 0.328 e. The fourth-order valence-electron chi connectivity index (χ4n) is 3.07. The third-order valence-corrected chi connectivity index (χ3v) is 5.96. The van der Waals surface area contributed by atoms with Crippen molar-refractivity contribution in [2.45, 2.75) is 30.9 Å². The van der Waals surface area contributed by atoms with E-state index in [-0.39, 0.29) is 0 Å². The second-order valence-electron chi connectivity index (χ2n) is 6.95. The van der Waals surface area contributed by atoms with E-state index in [1.54, 1.807) is 11.8 Å². The molecule has 0 atom stereocenters. The number of hydrogen-bond donors (Lipinski definition) is 1. The molecule has 0 aliphatic rings. The largest absolute Gasteiger partial charge is 0.491 e. The maximum absolute atomic E-state index is 11.0. The minimum Gasteiger partial charge on any atom is -0.491 e. The molecule has 3 rings (SSSR count). The van der Waals surface area contributed by atoms with E-state index in [9.17, 15) is 4.79 Å². The molecule has 5 heteroatoms. The number of rotatable bonds is 9. The summed E-state index contributed by atoms with van der Waals surface area (Å²) in [7, 11) is 0. The number of aromatic nitrogens is 1. The van der Waals surface area contributed by atoms with Crippen LogP contribution >= 0.6 is 11.8 Å². The molecule has 1 aromatic heterocycles. The van der Waals surface area contributed by atoms with Gasteiger partial charge in [0.1, 0.15) is 11.4 Å². The zero-order valence-electron chi connectivity index (χ0n) is 17.2. The number of thioether (sulfide) groups is 1. The summed E-state index contributed by atoms with van der Waals surface area (Å²) in [5.41, 5.74) is 5.08. The molecule has 154 valence electrons. The number of carboxylic acid groups (broad SMARTS) is 1. The highest BCUT2D eigenvalue weighted by atomic mass is 32.2. The highest BCUT2D eigenvalue weighted by molar-refractivity contribution is 7.98. The fraction of sp³-hybridized carbons (Fsp3) is 0.200. The predicted molar refractivity (Wildman–Crippen MR) is 122 cm³/mol. The fourth-order valence-corrected chi connectivity index (χ4v) is 4.12. The van der Waals surface area contributed by atoms with Crippen molar-refractivity contribution < 1.29 is 14.6 Å². The average molecular weight is 420 g/mol. The Morgan fingerprint density at radius 2 is 1.77 bits per heavy atom. The summed E-state index contributed by atoms with van der Waals surface area (Å²) >= 11 is 1.74. The van der Waals surface area contributed by atoms with Gasteiger partial charge >= 0.3 is 5.97 Å². The molecule has 4 nitrogen and oxygen atoms in total. The van der Waals surface area contributed by atoms with Gasteiger partial charge in [0.25, 0.3) is 0 Å². The van der Waals surface area contributed by atoms with E-state index in [0.717, 1.165) is 18.2 Å². The Balaban J connectivity index is 1.72. The SMILES string of the molecule is Cc1cccc(C)c1SCc1ccc(OCCc2ccccc2)c(/C=C/C(=O)O)n1. The second-order valence-corrected chi connectivity index (χ2v) is 7.94. The molecule has 2 aromatic carbocycles. The van der Waals surface area contributed by atoms with Crippen molar-refractivity contribution in [3.05, 3.63) is 94.8 Å². The van der Waals surface area contributed by atoms with Gasteiger partial charge in [-0.25, -0.2) is 9.78 Å². The van der Waals surface area contributed by atoms with E-state index in [0.29, 0.717) is 23.8 Å². The average Bonchev–Trinajstić information content (AvgIpc) is 2.73. The van der Waals surface area contributed by atoms with Crippen LogP contribution in [0, 0.1) is 13.8 Å². The second kappa shape index (κ2) is 10.6. The van der Waals surface area contributed by atoms with Crippen LogP contribution in [0.25, 0.3) is 6.08 Å². The molecule has 30 heavy (non-hydrogen) atoms. The van der Waals surface area contributed by atoms with Crippen molar-refractivity contribution in [1.29, 1.82) is 0 Å². The van der Waals surface area contributed by atoms with Crippen molar-refractivity contribution >= 4 is 23.8 Å². The molecule has 3 aromatic rings. The van der Waals surface area contributed by atoms with Gasteiger partial charge in [-0.15, -0.1) is 11.8 Å². The number of aliphatic carboxylic acids is 1. The molecular formula is C25H25NO3S. The zero-order chi connectivity index (χ0) is 21.3. The number of benzene rings is 2. The minimum atomic E-state index is -1.01. The van der Waals surface area contributed by atoms with Gasteiger partial charge in [-0.05, 0) is 48.7 Å². The Morgan fingerprint density at radius 1 is 1.03 bits per heavy atom. The molecule has 1 heterocycles. The molecule has 0 bridgehead atoms. The quantitative estimate of drug-likeness (QED) is 0.356. The molecule has 0 amide bonds. The summed E-state index contributed by atoms with van der Waals surface area (Å²) in [6.45, 7) is 4.71. The number of hydrogen-bond acceptors (Lipinski definition) is 4. The van der Waals surface area contributed by atoms with Crippen LogP contribution < -0.4 is 4.74 Å². The highest BCUT2D eigenvalue weighted by Gasteiger charge is 2.09. The van der Waals surface area contributed by atoms with Crippen molar-refractivity contribution in [2.24, 2.45) is 0 Å². The number of aryl methyl sites for hydroxylation is 2. The standard InChI is InChI=1S/C25H25NO3S/c1-18-7-6-8-19(2)25(18)30-17-21-11-13-23(22(26-21)12-14-24(27)28)29-16-15-20-9-4-3-5-10-20/h3-14H,15-17H2,1-2H3,(H,27,28)/b14-12+. The topological polar surface area (TPSA) is 59.4 Å². The molecule has 0 saturated heterocycles. The summed E-state index contributed by atoms with van der Waals surface area (Å²) in [6, 6.07) is 20.2. The molecule has 0 spiro atoms. The Hall–Kier alpha value is -3.05. The summed E-state index contributed by atoms with van der Waals surface area (Å²) < 4.78 is 5.92. The van der Waals surface area contributed by atoms with Gasteiger partial charge in [0.05, 0.1) is 12.3 Å². The number of carboxylic acids is 1. The Kier molecular flexibility index (Phi) is 7.69. The first-order chi connectivity index (χ1) is 14.5. The van der Waals surface area contributed by atoms with Crippen LogP contribution in [0.3, 0.4) is 0 Å². The van der Waals surface area contributed by atoms with Crippen molar-refractivity contribution in [3.63, 3.8) is 0 Å². The van der Waals surface area contributed by atoms with Crippen molar-refractivity contribution in [2.75, 3.05) is 6.61 Å². The predicted octanol–water partition coefficient (Wildman–Crippen LogP) is 5.71. The van der Waals surface area contributed by atoms with Crippen LogP contribution in [0.15, 0.2) is 71.6 Å². The van der Waals surface area contributed by atoms with Gasteiger partial charge in [0.2, 0.25) is 0 Å².